The van der Waals surface area contributed by atoms with E-state index >= 15 is 0 Å². The SMILES string of the molecule is CC(C)CC(=O)Nc1ccc(Nc2cccc(C#N)c2)cc1. The molecule has 0 radical (unpaired) electrons. The quantitative estimate of drug-likeness (QED) is 0.864. The Morgan fingerprint density at radius 1 is 1.09 bits per heavy atom. The van der Waals surface area contributed by atoms with Crippen LogP contribution in [-0.2, 0) is 4.79 Å². The summed E-state index contributed by atoms with van der Waals surface area (Å²) in [6, 6.07) is 16.9. The van der Waals surface area contributed by atoms with Crippen molar-refractivity contribution in [2.75, 3.05) is 10.6 Å². The van der Waals surface area contributed by atoms with Crippen molar-refractivity contribution in [2.45, 2.75) is 20.3 Å². The lowest BCUT2D eigenvalue weighted by molar-refractivity contribution is -0.116. The first-order valence-electron chi connectivity index (χ1n) is 7.24. The van der Waals surface area contributed by atoms with Gasteiger partial charge in [0.05, 0.1) is 11.6 Å². The summed E-state index contributed by atoms with van der Waals surface area (Å²) >= 11 is 0. The first-order valence-corrected chi connectivity index (χ1v) is 7.24. The van der Waals surface area contributed by atoms with Gasteiger partial charge in [-0.3, -0.25) is 4.79 Å². The van der Waals surface area contributed by atoms with Crippen molar-refractivity contribution >= 4 is 23.0 Å². The fraction of sp³-hybridized carbons (Fsp3) is 0.222. The molecule has 0 aliphatic rings. The lowest BCUT2D eigenvalue weighted by atomic mass is 10.1. The summed E-state index contributed by atoms with van der Waals surface area (Å²) < 4.78 is 0. The highest BCUT2D eigenvalue weighted by Gasteiger charge is 2.05. The normalized spacial score (nSPS) is 10.1. The van der Waals surface area contributed by atoms with Crippen LogP contribution in [0.3, 0.4) is 0 Å². The largest absolute Gasteiger partial charge is 0.355 e. The second kappa shape index (κ2) is 7.28. The summed E-state index contributed by atoms with van der Waals surface area (Å²) in [6.45, 7) is 4.03. The third-order valence-corrected chi connectivity index (χ3v) is 3.04. The summed E-state index contributed by atoms with van der Waals surface area (Å²) in [6.07, 6.45) is 0.515. The van der Waals surface area contributed by atoms with E-state index in [-0.39, 0.29) is 5.91 Å². The molecule has 2 aromatic rings. The van der Waals surface area contributed by atoms with E-state index in [9.17, 15) is 4.79 Å². The molecule has 0 saturated carbocycles. The summed E-state index contributed by atoms with van der Waals surface area (Å²) in [5.74, 6) is 0.366. The minimum Gasteiger partial charge on any atom is -0.355 e. The first-order chi connectivity index (χ1) is 10.6. The molecule has 0 unspecified atom stereocenters. The van der Waals surface area contributed by atoms with Crippen LogP contribution < -0.4 is 10.6 Å². The second-order valence-electron chi connectivity index (χ2n) is 5.54. The van der Waals surface area contributed by atoms with E-state index in [1.165, 1.54) is 0 Å². The summed E-state index contributed by atoms with van der Waals surface area (Å²) in [4.78, 5) is 11.7. The molecule has 0 heterocycles. The molecule has 2 N–H and O–H groups in total. The van der Waals surface area contributed by atoms with Gasteiger partial charge in [-0.2, -0.15) is 5.26 Å². The van der Waals surface area contributed by atoms with Crippen LogP contribution in [0.1, 0.15) is 25.8 Å². The van der Waals surface area contributed by atoms with Crippen molar-refractivity contribution in [1.82, 2.24) is 0 Å². The third-order valence-electron chi connectivity index (χ3n) is 3.04. The Labute approximate surface area is 130 Å². The Kier molecular flexibility index (Phi) is 5.16. The highest BCUT2D eigenvalue weighted by atomic mass is 16.1. The zero-order valence-electron chi connectivity index (χ0n) is 12.8. The van der Waals surface area contributed by atoms with Gasteiger partial charge in [0.1, 0.15) is 0 Å². The smallest absolute Gasteiger partial charge is 0.224 e. The van der Waals surface area contributed by atoms with Crippen molar-refractivity contribution in [3.63, 3.8) is 0 Å². The van der Waals surface area contributed by atoms with E-state index in [2.05, 4.69) is 16.7 Å². The predicted octanol–water partition coefficient (Wildman–Crippen LogP) is 4.29. The molecule has 4 nitrogen and oxygen atoms in total. The van der Waals surface area contributed by atoms with Crippen LogP contribution in [0.2, 0.25) is 0 Å². The molecule has 22 heavy (non-hydrogen) atoms. The van der Waals surface area contributed by atoms with Gasteiger partial charge >= 0.3 is 0 Å². The Morgan fingerprint density at radius 2 is 1.77 bits per heavy atom. The maximum Gasteiger partial charge on any atom is 0.224 e. The fourth-order valence-electron chi connectivity index (χ4n) is 2.05. The van der Waals surface area contributed by atoms with Gasteiger partial charge in [0.25, 0.3) is 0 Å². The van der Waals surface area contributed by atoms with E-state index in [1.54, 1.807) is 12.1 Å². The van der Waals surface area contributed by atoms with Crippen LogP contribution in [0.25, 0.3) is 0 Å². The number of carbonyl (C=O) groups excluding carboxylic acids is 1. The number of anilines is 3. The minimum atomic E-state index is 0.0254. The third kappa shape index (κ3) is 4.64. The minimum absolute atomic E-state index is 0.0254. The molecule has 112 valence electrons. The zero-order chi connectivity index (χ0) is 15.9. The molecule has 0 saturated heterocycles. The average Bonchev–Trinajstić information content (AvgIpc) is 2.48. The first kappa shape index (κ1) is 15.6. The van der Waals surface area contributed by atoms with Crippen molar-refractivity contribution < 1.29 is 4.79 Å². The number of benzene rings is 2. The molecular weight excluding hydrogens is 274 g/mol. The van der Waals surface area contributed by atoms with Gasteiger partial charge in [-0.25, -0.2) is 0 Å². The van der Waals surface area contributed by atoms with Crippen LogP contribution in [0.5, 0.6) is 0 Å². The van der Waals surface area contributed by atoms with Gasteiger partial charge in [0.15, 0.2) is 0 Å². The summed E-state index contributed by atoms with van der Waals surface area (Å²) in [5.41, 5.74) is 3.15. The molecule has 0 aromatic heterocycles. The molecule has 4 heteroatoms. The van der Waals surface area contributed by atoms with Crippen LogP contribution >= 0.6 is 0 Å². The van der Waals surface area contributed by atoms with E-state index in [0.717, 1.165) is 17.1 Å². The molecule has 0 bridgehead atoms. The van der Waals surface area contributed by atoms with Crippen molar-refractivity contribution in [2.24, 2.45) is 5.92 Å². The molecule has 0 spiro atoms. The van der Waals surface area contributed by atoms with Crippen LogP contribution in [0.15, 0.2) is 48.5 Å². The Morgan fingerprint density at radius 3 is 2.41 bits per heavy atom. The van der Waals surface area contributed by atoms with Crippen molar-refractivity contribution in [3.05, 3.63) is 54.1 Å². The van der Waals surface area contributed by atoms with Crippen molar-refractivity contribution in [3.8, 4) is 6.07 Å². The molecule has 0 aliphatic carbocycles. The van der Waals surface area contributed by atoms with Crippen molar-refractivity contribution in [1.29, 1.82) is 5.26 Å². The maximum atomic E-state index is 11.7. The monoisotopic (exact) mass is 293 g/mol. The lowest BCUT2D eigenvalue weighted by Gasteiger charge is -2.09. The Hall–Kier alpha value is -2.80. The van der Waals surface area contributed by atoms with Gasteiger partial charge in [-0.05, 0) is 48.4 Å². The van der Waals surface area contributed by atoms with Gasteiger partial charge < -0.3 is 10.6 Å². The van der Waals surface area contributed by atoms with Gasteiger partial charge in [0.2, 0.25) is 5.91 Å². The maximum absolute atomic E-state index is 11.7. The van der Waals surface area contributed by atoms with Crippen LogP contribution in [0.4, 0.5) is 17.1 Å². The predicted molar refractivity (Wildman–Crippen MR) is 89.0 cm³/mol. The highest BCUT2D eigenvalue weighted by Crippen LogP contribution is 2.20. The van der Waals surface area contributed by atoms with Crippen LogP contribution in [-0.4, -0.2) is 5.91 Å². The van der Waals surface area contributed by atoms with Crippen LogP contribution in [0, 0.1) is 17.2 Å². The number of nitrogens with one attached hydrogen (secondary N) is 2. The fourth-order valence-corrected chi connectivity index (χ4v) is 2.05. The number of nitriles is 1. The topological polar surface area (TPSA) is 64.9 Å². The molecule has 0 atom stereocenters. The van der Waals surface area contributed by atoms with E-state index < -0.39 is 0 Å². The molecule has 1 amide bonds. The Bertz CT molecular complexity index is 684. The number of carbonyl (C=O) groups is 1. The number of rotatable bonds is 5. The number of hydrogen-bond acceptors (Lipinski definition) is 3. The molecule has 0 fully saturated rings. The standard InChI is InChI=1S/C18H19N3O/c1-13(2)10-18(22)21-16-8-6-15(7-9-16)20-17-5-3-4-14(11-17)12-19/h3-9,11,13,20H,10H2,1-2H3,(H,21,22). The Balaban J connectivity index is 2.00. The average molecular weight is 293 g/mol. The summed E-state index contributed by atoms with van der Waals surface area (Å²) in [7, 11) is 0. The lowest BCUT2D eigenvalue weighted by Crippen LogP contribution is -2.13. The number of hydrogen-bond donors (Lipinski definition) is 2. The van der Waals surface area contributed by atoms with E-state index in [4.69, 9.17) is 5.26 Å². The van der Waals surface area contributed by atoms with Gasteiger partial charge in [0, 0.05) is 23.5 Å². The number of nitrogens with zero attached hydrogens (tertiary/aromatic N) is 1. The zero-order valence-corrected chi connectivity index (χ0v) is 12.8. The van der Waals surface area contributed by atoms with Gasteiger partial charge in [-0.1, -0.05) is 19.9 Å². The number of amides is 1. The van der Waals surface area contributed by atoms with Gasteiger partial charge in [-0.15, -0.1) is 0 Å². The highest BCUT2D eigenvalue weighted by molar-refractivity contribution is 5.91. The van der Waals surface area contributed by atoms with E-state index in [1.807, 2.05) is 50.2 Å². The second-order valence-corrected chi connectivity index (χ2v) is 5.54. The molecule has 0 aliphatic heterocycles. The molecule has 2 rings (SSSR count). The van der Waals surface area contributed by atoms with E-state index in [0.29, 0.717) is 17.9 Å². The molecule has 2 aromatic carbocycles. The molecular formula is C18H19N3O. The summed E-state index contributed by atoms with van der Waals surface area (Å²) in [5, 5.41) is 15.0.